The number of benzene rings is 4. The first-order valence-corrected chi connectivity index (χ1v) is 16.7. The number of rotatable bonds is 12. The molecule has 1 aliphatic carbocycles. The molecule has 0 aromatic heterocycles. The van der Waals surface area contributed by atoms with Crippen molar-refractivity contribution < 1.29 is 29.3 Å². The van der Waals surface area contributed by atoms with Gasteiger partial charge in [0.25, 0.3) is 11.8 Å². The number of nitrogens with zero attached hydrogens (tertiary/aromatic N) is 1. The lowest BCUT2D eigenvalue weighted by molar-refractivity contribution is -0.147. The third-order valence-corrected chi connectivity index (χ3v) is 8.98. The van der Waals surface area contributed by atoms with Crippen LogP contribution in [0, 0.1) is 5.41 Å². The lowest BCUT2D eigenvalue weighted by atomic mass is 9.86. The second kappa shape index (κ2) is 15.7. The molecule has 10 nitrogen and oxygen atoms in total. The van der Waals surface area contributed by atoms with Crippen LogP contribution in [0.4, 0.5) is 4.79 Å². The van der Waals surface area contributed by atoms with Crippen LogP contribution >= 0.6 is 0 Å². The second-order valence-electron chi connectivity index (χ2n) is 13.9. The molecule has 10 heteroatoms. The van der Waals surface area contributed by atoms with Crippen LogP contribution in [0.15, 0.2) is 109 Å². The molecule has 4 atom stereocenters. The zero-order valence-electron chi connectivity index (χ0n) is 28.9. The van der Waals surface area contributed by atoms with Gasteiger partial charge in [-0.25, -0.2) is 9.80 Å². The van der Waals surface area contributed by atoms with Gasteiger partial charge in [-0.3, -0.25) is 15.0 Å². The number of hydrazine groups is 1. The molecule has 0 heterocycles. The average Bonchev–Trinajstić information content (AvgIpc) is 3.41. The van der Waals surface area contributed by atoms with E-state index in [1.807, 2.05) is 130 Å². The van der Waals surface area contributed by atoms with Crippen molar-refractivity contribution in [1.29, 1.82) is 0 Å². The van der Waals surface area contributed by atoms with E-state index in [0.29, 0.717) is 12.0 Å². The standard InChI is InChI=1S/C40H46N4O6/c1-39(2,3)35(42-38(48)50-4)36(46)43-44(25-28-19-21-30(22-20-28)29-15-9-6-10-16-29)26-40(49,24-27-13-7-5-8-14-27)37(47)41-34-32-18-12-11-17-31(32)23-33(34)45/h5-22,33-35,45,49H,23-26H2,1-4H3,(H,41,47)(H,42,48)(H,43,46)/t33-,34+,35-,40-/m1/s1. The van der Waals surface area contributed by atoms with Gasteiger partial charge in [0.15, 0.2) is 5.60 Å². The van der Waals surface area contributed by atoms with E-state index in [4.69, 9.17) is 4.74 Å². The quantitative estimate of drug-likeness (QED) is 0.137. The summed E-state index contributed by atoms with van der Waals surface area (Å²) in [5.41, 5.74) is 5.40. The number of alkyl carbamates (subject to hydrolysis) is 1. The Balaban J connectivity index is 1.48. The fourth-order valence-corrected chi connectivity index (χ4v) is 6.34. The molecule has 0 saturated heterocycles. The van der Waals surface area contributed by atoms with E-state index in [0.717, 1.165) is 27.8 Å². The molecule has 0 bridgehead atoms. The molecular formula is C40H46N4O6. The predicted molar refractivity (Wildman–Crippen MR) is 191 cm³/mol. The van der Waals surface area contributed by atoms with Crippen molar-refractivity contribution in [2.45, 2.75) is 63.9 Å². The van der Waals surface area contributed by atoms with E-state index in [1.54, 1.807) is 0 Å². The van der Waals surface area contributed by atoms with Crippen LogP contribution < -0.4 is 16.1 Å². The Kier molecular flexibility index (Phi) is 11.4. The normalized spacial score (nSPS) is 17.3. The molecule has 5 N–H and O–H groups in total. The van der Waals surface area contributed by atoms with E-state index in [1.165, 1.54) is 12.1 Å². The molecule has 5 rings (SSSR count). The largest absolute Gasteiger partial charge is 0.453 e. The third-order valence-electron chi connectivity index (χ3n) is 8.98. The van der Waals surface area contributed by atoms with Crippen LogP contribution in [0.25, 0.3) is 11.1 Å². The maximum atomic E-state index is 14.2. The SMILES string of the molecule is COC(=O)N[C@H](C(=O)NN(Cc1ccc(-c2ccccc2)cc1)C[C@](O)(Cc1ccccc1)C(=O)N[C@H]1c2ccccc2C[C@H]1O)C(C)(C)C. The summed E-state index contributed by atoms with van der Waals surface area (Å²) >= 11 is 0. The predicted octanol–water partition coefficient (Wildman–Crippen LogP) is 4.71. The smallest absolute Gasteiger partial charge is 0.407 e. The summed E-state index contributed by atoms with van der Waals surface area (Å²) in [7, 11) is 1.22. The highest BCUT2D eigenvalue weighted by Crippen LogP contribution is 2.32. The van der Waals surface area contributed by atoms with Crippen LogP contribution in [-0.4, -0.2) is 64.5 Å². The van der Waals surface area contributed by atoms with Gasteiger partial charge in [-0.05, 0) is 38.8 Å². The van der Waals surface area contributed by atoms with Gasteiger partial charge >= 0.3 is 6.09 Å². The number of nitrogens with one attached hydrogen (secondary N) is 3. The number of hydrogen-bond donors (Lipinski definition) is 5. The molecule has 50 heavy (non-hydrogen) atoms. The van der Waals surface area contributed by atoms with E-state index in [-0.39, 0.29) is 19.5 Å². The van der Waals surface area contributed by atoms with Crippen molar-refractivity contribution in [3.8, 4) is 11.1 Å². The van der Waals surface area contributed by atoms with Crippen LogP contribution in [-0.2, 0) is 33.7 Å². The van der Waals surface area contributed by atoms with Gasteiger partial charge in [0, 0.05) is 19.4 Å². The number of carbonyl (C=O) groups is 3. The Morgan fingerprint density at radius 1 is 0.840 bits per heavy atom. The van der Waals surface area contributed by atoms with Crippen LogP contribution in [0.5, 0.6) is 0 Å². The lowest BCUT2D eigenvalue weighted by Crippen LogP contribution is -2.62. The molecule has 3 amide bonds. The lowest BCUT2D eigenvalue weighted by Gasteiger charge is -2.37. The van der Waals surface area contributed by atoms with E-state index >= 15 is 0 Å². The molecule has 4 aromatic rings. The summed E-state index contributed by atoms with van der Waals surface area (Å²) in [6.07, 6.45) is -1.33. The minimum atomic E-state index is -2.07. The van der Waals surface area contributed by atoms with Crippen molar-refractivity contribution in [1.82, 2.24) is 21.1 Å². The molecule has 4 aromatic carbocycles. The molecule has 0 spiro atoms. The van der Waals surface area contributed by atoms with Crippen molar-refractivity contribution >= 4 is 17.9 Å². The number of methoxy groups -OCH3 is 1. The molecule has 0 aliphatic heterocycles. The number of amides is 3. The molecule has 0 radical (unpaired) electrons. The van der Waals surface area contributed by atoms with Crippen molar-refractivity contribution in [3.05, 3.63) is 131 Å². The maximum absolute atomic E-state index is 14.2. The average molecular weight is 679 g/mol. The molecule has 0 fully saturated rings. The molecule has 0 unspecified atom stereocenters. The maximum Gasteiger partial charge on any atom is 0.407 e. The van der Waals surface area contributed by atoms with Gasteiger partial charge in [-0.15, -0.1) is 0 Å². The third kappa shape index (κ3) is 8.95. The summed E-state index contributed by atoms with van der Waals surface area (Å²) in [5.74, 6) is -1.24. The Morgan fingerprint density at radius 3 is 2.08 bits per heavy atom. The topological polar surface area (TPSA) is 140 Å². The van der Waals surface area contributed by atoms with Gasteiger partial charge < -0.3 is 25.6 Å². The Labute approximate surface area is 293 Å². The fourth-order valence-electron chi connectivity index (χ4n) is 6.34. The molecule has 1 aliphatic rings. The van der Waals surface area contributed by atoms with Gasteiger partial charge in [-0.1, -0.05) is 130 Å². The van der Waals surface area contributed by atoms with Crippen LogP contribution in [0.3, 0.4) is 0 Å². The fraction of sp³-hybridized carbons (Fsp3) is 0.325. The van der Waals surface area contributed by atoms with Crippen molar-refractivity contribution in [3.63, 3.8) is 0 Å². The van der Waals surface area contributed by atoms with Gasteiger partial charge in [0.2, 0.25) is 0 Å². The minimum absolute atomic E-state index is 0.0768. The Bertz CT molecular complexity index is 1760. The van der Waals surface area contributed by atoms with Crippen LogP contribution in [0.1, 0.15) is 49.1 Å². The van der Waals surface area contributed by atoms with Crippen LogP contribution in [0.2, 0.25) is 0 Å². The highest BCUT2D eigenvalue weighted by atomic mass is 16.5. The van der Waals surface area contributed by atoms with Gasteiger partial charge in [-0.2, -0.15) is 0 Å². The highest BCUT2D eigenvalue weighted by molar-refractivity contribution is 5.87. The first-order chi connectivity index (χ1) is 23.9. The first-order valence-electron chi connectivity index (χ1n) is 16.7. The number of aliphatic hydroxyl groups is 2. The minimum Gasteiger partial charge on any atom is -0.453 e. The van der Waals surface area contributed by atoms with E-state index in [2.05, 4.69) is 16.1 Å². The monoisotopic (exact) mass is 678 g/mol. The summed E-state index contributed by atoms with van der Waals surface area (Å²) < 4.78 is 4.79. The van der Waals surface area contributed by atoms with E-state index in [9.17, 15) is 24.6 Å². The molecule has 262 valence electrons. The highest BCUT2D eigenvalue weighted by Gasteiger charge is 2.43. The van der Waals surface area contributed by atoms with E-state index < -0.39 is 47.1 Å². The number of hydrogen-bond acceptors (Lipinski definition) is 7. The Morgan fingerprint density at radius 2 is 1.44 bits per heavy atom. The zero-order valence-corrected chi connectivity index (χ0v) is 28.9. The Hall–Kier alpha value is -5.03. The summed E-state index contributed by atoms with van der Waals surface area (Å²) in [6.45, 7) is 5.23. The van der Waals surface area contributed by atoms with Crippen molar-refractivity contribution in [2.75, 3.05) is 13.7 Å². The number of fused-ring (bicyclic) bond motifs is 1. The number of carbonyl (C=O) groups excluding carboxylic acids is 3. The summed E-state index contributed by atoms with van der Waals surface area (Å²) in [5, 5.41) is 30.4. The number of ether oxygens (including phenoxy) is 1. The molecular weight excluding hydrogens is 632 g/mol. The van der Waals surface area contributed by atoms with Crippen molar-refractivity contribution in [2.24, 2.45) is 5.41 Å². The first kappa shape index (κ1) is 36.3. The molecule has 0 saturated carbocycles. The number of aliphatic hydroxyl groups excluding tert-OH is 1. The van der Waals surface area contributed by atoms with Gasteiger partial charge in [0.1, 0.15) is 6.04 Å². The summed E-state index contributed by atoms with van der Waals surface area (Å²) in [6, 6.07) is 32.6. The summed E-state index contributed by atoms with van der Waals surface area (Å²) in [4.78, 5) is 40.4. The zero-order chi connectivity index (χ0) is 35.9. The van der Waals surface area contributed by atoms with Gasteiger partial charge in [0.05, 0.1) is 25.8 Å². The second-order valence-corrected chi connectivity index (χ2v) is 13.9.